The van der Waals surface area contributed by atoms with Crippen LogP contribution in [0.1, 0.15) is 12.8 Å². The quantitative estimate of drug-likeness (QED) is 0.905. The third-order valence-corrected chi connectivity index (χ3v) is 4.87. The number of benzene rings is 1. The van der Waals surface area contributed by atoms with Crippen molar-refractivity contribution in [3.63, 3.8) is 0 Å². The van der Waals surface area contributed by atoms with Crippen LogP contribution in [0.5, 0.6) is 0 Å². The maximum absolute atomic E-state index is 11.6. The molecule has 1 saturated heterocycles. The van der Waals surface area contributed by atoms with Crippen molar-refractivity contribution in [2.24, 2.45) is 5.92 Å². The molecule has 110 valence electrons. The van der Waals surface area contributed by atoms with Gasteiger partial charge in [0.05, 0.1) is 4.90 Å². The molecule has 0 atom stereocenters. The minimum Gasteiger partial charge on any atom is -0.371 e. The van der Waals surface area contributed by atoms with E-state index in [9.17, 15) is 13.2 Å². The molecule has 1 aromatic rings. The van der Waals surface area contributed by atoms with E-state index in [1.165, 1.54) is 6.26 Å². The Morgan fingerprint density at radius 1 is 1.20 bits per heavy atom. The molecule has 20 heavy (non-hydrogen) atoms. The van der Waals surface area contributed by atoms with E-state index in [0.29, 0.717) is 4.90 Å². The molecule has 1 amide bonds. The van der Waals surface area contributed by atoms with Gasteiger partial charge in [0.2, 0.25) is 5.91 Å². The Labute approximate surface area is 119 Å². The number of nitrogens with zero attached hydrogens (tertiary/aromatic N) is 1. The van der Waals surface area contributed by atoms with Crippen molar-refractivity contribution in [3.05, 3.63) is 24.3 Å². The third-order valence-electron chi connectivity index (χ3n) is 3.74. The molecule has 0 aliphatic carbocycles. The number of amides is 1. The molecule has 1 aliphatic rings. The van der Waals surface area contributed by atoms with Gasteiger partial charge in [-0.25, -0.2) is 8.42 Å². The summed E-state index contributed by atoms with van der Waals surface area (Å²) in [5.74, 6) is 0.198. The first-order chi connectivity index (χ1) is 9.41. The van der Waals surface area contributed by atoms with Crippen LogP contribution < -0.4 is 10.2 Å². The first-order valence-corrected chi connectivity index (χ1v) is 8.57. The van der Waals surface area contributed by atoms with Crippen LogP contribution in [-0.2, 0) is 14.6 Å². The van der Waals surface area contributed by atoms with Gasteiger partial charge in [-0.1, -0.05) is 0 Å². The van der Waals surface area contributed by atoms with E-state index >= 15 is 0 Å². The molecule has 0 unspecified atom stereocenters. The summed E-state index contributed by atoms with van der Waals surface area (Å²) in [5.41, 5.74) is 1.01. The van der Waals surface area contributed by atoms with Crippen molar-refractivity contribution < 1.29 is 13.2 Å². The smallest absolute Gasteiger partial charge is 0.222 e. The van der Waals surface area contributed by atoms with Crippen molar-refractivity contribution in [2.75, 3.05) is 31.3 Å². The SMILES string of the molecule is CNC(=O)C1CCN(c2ccc(S(C)(=O)=O)cc2)CC1. The summed E-state index contributed by atoms with van der Waals surface area (Å²) < 4.78 is 22.8. The Kier molecular flexibility index (Phi) is 4.32. The van der Waals surface area contributed by atoms with Gasteiger partial charge in [-0.2, -0.15) is 0 Å². The predicted octanol–water partition coefficient (Wildman–Crippen LogP) is 1.05. The van der Waals surface area contributed by atoms with Gasteiger partial charge in [0.25, 0.3) is 0 Å². The van der Waals surface area contributed by atoms with E-state index in [0.717, 1.165) is 31.6 Å². The largest absolute Gasteiger partial charge is 0.371 e. The lowest BCUT2D eigenvalue weighted by molar-refractivity contribution is -0.125. The van der Waals surface area contributed by atoms with E-state index in [4.69, 9.17) is 0 Å². The van der Waals surface area contributed by atoms with Gasteiger partial charge in [0, 0.05) is 38.0 Å². The fraction of sp³-hybridized carbons (Fsp3) is 0.500. The number of sulfone groups is 1. The summed E-state index contributed by atoms with van der Waals surface area (Å²) >= 11 is 0. The van der Waals surface area contributed by atoms with Gasteiger partial charge in [-0.3, -0.25) is 4.79 Å². The number of nitrogens with one attached hydrogen (secondary N) is 1. The molecule has 6 heteroatoms. The number of piperidine rings is 1. The Bertz CT molecular complexity index is 573. The summed E-state index contributed by atoms with van der Waals surface area (Å²) in [6, 6.07) is 6.93. The minimum absolute atomic E-state index is 0.0894. The molecule has 0 aromatic heterocycles. The molecule has 2 rings (SSSR count). The number of rotatable bonds is 3. The van der Waals surface area contributed by atoms with Gasteiger partial charge in [-0.05, 0) is 37.1 Å². The van der Waals surface area contributed by atoms with Crippen LogP contribution in [0.3, 0.4) is 0 Å². The average Bonchev–Trinajstić information content (AvgIpc) is 2.46. The first-order valence-electron chi connectivity index (χ1n) is 6.68. The van der Waals surface area contributed by atoms with Gasteiger partial charge in [0.15, 0.2) is 9.84 Å². The van der Waals surface area contributed by atoms with Crippen LogP contribution in [0.2, 0.25) is 0 Å². The second kappa shape index (κ2) is 5.83. The van der Waals surface area contributed by atoms with E-state index in [-0.39, 0.29) is 11.8 Å². The Morgan fingerprint density at radius 2 is 1.75 bits per heavy atom. The molecule has 1 fully saturated rings. The highest BCUT2D eigenvalue weighted by Crippen LogP contribution is 2.24. The second-order valence-electron chi connectivity index (χ2n) is 5.14. The summed E-state index contributed by atoms with van der Waals surface area (Å²) in [7, 11) is -1.48. The first kappa shape index (κ1) is 14.8. The summed E-state index contributed by atoms with van der Waals surface area (Å²) in [6.07, 6.45) is 2.86. The zero-order valence-corrected chi connectivity index (χ0v) is 12.6. The molecule has 0 saturated carbocycles. The van der Waals surface area contributed by atoms with Crippen molar-refractivity contribution in [3.8, 4) is 0 Å². The van der Waals surface area contributed by atoms with Crippen LogP contribution in [0.25, 0.3) is 0 Å². The fourth-order valence-electron chi connectivity index (χ4n) is 2.51. The molecule has 1 heterocycles. The number of hydrogen-bond donors (Lipinski definition) is 1. The van der Waals surface area contributed by atoms with Crippen molar-refractivity contribution >= 4 is 21.4 Å². The second-order valence-corrected chi connectivity index (χ2v) is 7.16. The van der Waals surface area contributed by atoms with E-state index in [1.54, 1.807) is 19.2 Å². The van der Waals surface area contributed by atoms with Crippen LogP contribution in [0, 0.1) is 5.92 Å². The lowest BCUT2D eigenvalue weighted by atomic mass is 9.95. The summed E-state index contributed by atoms with van der Waals surface area (Å²) in [5, 5.41) is 2.69. The zero-order valence-electron chi connectivity index (χ0n) is 11.8. The van der Waals surface area contributed by atoms with Crippen molar-refractivity contribution in [2.45, 2.75) is 17.7 Å². The van der Waals surface area contributed by atoms with Gasteiger partial charge >= 0.3 is 0 Å². The molecule has 1 aromatic carbocycles. The highest BCUT2D eigenvalue weighted by atomic mass is 32.2. The van der Waals surface area contributed by atoms with Crippen LogP contribution in [0.4, 0.5) is 5.69 Å². The van der Waals surface area contributed by atoms with Crippen LogP contribution >= 0.6 is 0 Å². The maximum atomic E-state index is 11.6. The van der Waals surface area contributed by atoms with Crippen LogP contribution in [-0.4, -0.2) is 40.7 Å². The number of anilines is 1. The zero-order chi connectivity index (χ0) is 14.8. The minimum atomic E-state index is -3.15. The van der Waals surface area contributed by atoms with Gasteiger partial charge in [-0.15, -0.1) is 0 Å². The Balaban J connectivity index is 2.02. The van der Waals surface area contributed by atoms with E-state index < -0.39 is 9.84 Å². The third kappa shape index (κ3) is 3.30. The lowest BCUT2D eigenvalue weighted by Crippen LogP contribution is -2.39. The predicted molar refractivity (Wildman–Crippen MR) is 78.6 cm³/mol. The van der Waals surface area contributed by atoms with Gasteiger partial charge < -0.3 is 10.2 Å². The van der Waals surface area contributed by atoms with Gasteiger partial charge in [0.1, 0.15) is 0 Å². The maximum Gasteiger partial charge on any atom is 0.222 e. The molecule has 0 radical (unpaired) electrons. The monoisotopic (exact) mass is 296 g/mol. The summed E-state index contributed by atoms with van der Waals surface area (Å²) in [4.78, 5) is 14.1. The van der Waals surface area contributed by atoms with E-state index in [2.05, 4.69) is 10.2 Å². The molecule has 1 N–H and O–H groups in total. The topological polar surface area (TPSA) is 66.5 Å². The standard InChI is InChI=1S/C14H20N2O3S/c1-15-14(17)11-7-9-16(10-8-11)12-3-5-13(6-4-12)20(2,18)19/h3-6,11H,7-10H2,1-2H3,(H,15,17). The van der Waals surface area contributed by atoms with Crippen LogP contribution in [0.15, 0.2) is 29.2 Å². The Hall–Kier alpha value is -1.56. The molecule has 0 bridgehead atoms. The highest BCUT2D eigenvalue weighted by Gasteiger charge is 2.24. The normalized spacial score (nSPS) is 17.0. The lowest BCUT2D eigenvalue weighted by Gasteiger charge is -2.32. The van der Waals surface area contributed by atoms with E-state index in [1.807, 2.05) is 12.1 Å². The Morgan fingerprint density at radius 3 is 2.20 bits per heavy atom. The average molecular weight is 296 g/mol. The number of carbonyl (C=O) groups excluding carboxylic acids is 1. The molecule has 1 aliphatic heterocycles. The number of carbonyl (C=O) groups is 1. The summed E-state index contributed by atoms with van der Waals surface area (Å²) in [6.45, 7) is 1.63. The van der Waals surface area contributed by atoms with Crippen molar-refractivity contribution in [1.29, 1.82) is 0 Å². The fourth-order valence-corrected chi connectivity index (χ4v) is 3.14. The number of hydrogen-bond acceptors (Lipinski definition) is 4. The highest BCUT2D eigenvalue weighted by molar-refractivity contribution is 7.90. The van der Waals surface area contributed by atoms with Crippen molar-refractivity contribution in [1.82, 2.24) is 5.32 Å². The molecule has 5 nitrogen and oxygen atoms in total. The molecular formula is C14H20N2O3S. The molecular weight excluding hydrogens is 276 g/mol. The molecule has 0 spiro atoms.